The third kappa shape index (κ3) is 4.53. The van der Waals surface area contributed by atoms with E-state index in [9.17, 15) is 4.79 Å². The van der Waals surface area contributed by atoms with Gasteiger partial charge in [-0.3, -0.25) is 14.8 Å². The highest BCUT2D eigenvalue weighted by Crippen LogP contribution is 2.25. The van der Waals surface area contributed by atoms with E-state index in [1.807, 2.05) is 18.2 Å². The lowest BCUT2D eigenvalue weighted by Crippen LogP contribution is -2.44. The van der Waals surface area contributed by atoms with Gasteiger partial charge in [-0.05, 0) is 56.2 Å². The molecule has 1 aliphatic carbocycles. The summed E-state index contributed by atoms with van der Waals surface area (Å²) in [6.07, 6.45) is 7.38. The lowest BCUT2D eigenvalue weighted by Gasteiger charge is -2.32. The van der Waals surface area contributed by atoms with Gasteiger partial charge in [-0.2, -0.15) is 5.10 Å². The first kappa shape index (κ1) is 19.7. The zero-order chi connectivity index (χ0) is 19.5. The zero-order valence-electron chi connectivity index (χ0n) is 15.9. The van der Waals surface area contributed by atoms with Crippen LogP contribution in [0.5, 0.6) is 0 Å². The number of likely N-dealkylation sites (tertiary alicyclic amines) is 1. The van der Waals surface area contributed by atoms with Crippen LogP contribution >= 0.6 is 23.2 Å². The van der Waals surface area contributed by atoms with Crippen LogP contribution in [0.3, 0.4) is 0 Å². The molecule has 2 heterocycles. The van der Waals surface area contributed by atoms with Crippen LogP contribution in [0.2, 0.25) is 10.0 Å². The van der Waals surface area contributed by atoms with Crippen LogP contribution in [-0.4, -0.2) is 40.1 Å². The number of rotatable bonds is 4. The third-order valence-corrected chi connectivity index (χ3v) is 6.57. The van der Waals surface area contributed by atoms with Crippen LogP contribution in [0, 0.1) is 0 Å². The van der Waals surface area contributed by atoms with Crippen molar-refractivity contribution in [3.63, 3.8) is 0 Å². The van der Waals surface area contributed by atoms with E-state index in [0.29, 0.717) is 15.7 Å². The molecule has 0 radical (unpaired) electrons. The van der Waals surface area contributed by atoms with Crippen LogP contribution in [0.1, 0.15) is 59.4 Å². The van der Waals surface area contributed by atoms with Crippen molar-refractivity contribution in [2.45, 2.75) is 57.5 Å². The number of piperidine rings is 1. The standard InChI is InChI=1S/C21H26Cl2N4O/c22-17-7-6-14(12-18(17)23)13-27-10-8-15(9-11-27)24-21(28)20-16-4-2-1-3-5-19(16)25-26-20/h6-7,12,15H,1-5,8-11,13H2,(H,24,28)(H,25,26). The Bertz CT molecular complexity index is 843. The van der Waals surface area contributed by atoms with Crippen molar-refractivity contribution in [3.8, 4) is 0 Å². The Labute approximate surface area is 175 Å². The minimum absolute atomic E-state index is 0.0256. The normalized spacial score (nSPS) is 18.5. The number of nitrogens with zero attached hydrogens (tertiary/aromatic N) is 2. The molecule has 0 unspecified atom stereocenters. The lowest BCUT2D eigenvalue weighted by molar-refractivity contribution is 0.0903. The summed E-state index contributed by atoms with van der Waals surface area (Å²) in [6, 6.07) is 6.00. The maximum Gasteiger partial charge on any atom is 0.272 e. The maximum atomic E-state index is 12.8. The molecule has 2 aliphatic rings. The molecule has 1 aromatic carbocycles. The van der Waals surface area contributed by atoms with Crippen molar-refractivity contribution in [1.82, 2.24) is 20.4 Å². The molecule has 2 N–H and O–H groups in total. The topological polar surface area (TPSA) is 61.0 Å². The van der Waals surface area contributed by atoms with E-state index >= 15 is 0 Å². The average Bonchev–Trinajstić information content (AvgIpc) is 2.95. The van der Waals surface area contributed by atoms with Crippen LogP contribution in [0.25, 0.3) is 0 Å². The molecular weight excluding hydrogens is 395 g/mol. The van der Waals surface area contributed by atoms with E-state index in [0.717, 1.165) is 68.6 Å². The number of aryl methyl sites for hydroxylation is 1. The summed E-state index contributed by atoms with van der Waals surface area (Å²) in [5, 5.41) is 11.8. The van der Waals surface area contributed by atoms with Crippen molar-refractivity contribution in [3.05, 3.63) is 50.8 Å². The minimum Gasteiger partial charge on any atom is -0.348 e. The highest BCUT2D eigenvalue weighted by atomic mass is 35.5. The fourth-order valence-electron chi connectivity index (χ4n) is 4.23. The van der Waals surface area contributed by atoms with Gasteiger partial charge in [-0.15, -0.1) is 0 Å². The second-order valence-electron chi connectivity index (χ2n) is 7.86. The van der Waals surface area contributed by atoms with Crippen molar-refractivity contribution >= 4 is 29.1 Å². The molecule has 0 spiro atoms. The number of hydrogen-bond acceptors (Lipinski definition) is 3. The summed E-state index contributed by atoms with van der Waals surface area (Å²) in [4.78, 5) is 15.2. The number of fused-ring (bicyclic) bond motifs is 1. The summed E-state index contributed by atoms with van der Waals surface area (Å²) < 4.78 is 0. The van der Waals surface area contributed by atoms with Gasteiger partial charge in [0.05, 0.1) is 10.0 Å². The largest absolute Gasteiger partial charge is 0.348 e. The van der Waals surface area contributed by atoms with Gasteiger partial charge in [-0.1, -0.05) is 35.7 Å². The first-order valence-corrected chi connectivity index (χ1v) is 10.9. The number of H-pyrrole nitrogens is 1. The van der Waals surface area contributed by atoms with E-state index in [2.05, 4.69) is 20.4 Å². The molecule has 1 aromatic heterocycles. The summed E-state index contributed by atoms with van der Waals surface area (Å²) in [5.74, 6) is -0.0256. The average molecular weight is 421 g/mol. The Morgan fingerprint density at radius 3 is 2.71 bits per heavy atom. The molecular formula is C21H26Cl2N4O. The van der Waals surface area contributed by atoms with Gasteiger partial charge in [0.25, 0.3) is 5.91 Å². The second kappa shape index (κ2) is 8.85. The number of carbonyl (C=O) groups excluding carboxylic acids is 1. The van der Waals surface area contributed by atoms with Gasteiger partial charge < -0.3 is 5.32 Å². The molecule has 150 valence electrons. The molecule has 0 bridgehead atoms. The number of benzene rings is 1. The van der Waals surface area contributed by atoms with Crippen LogP contribution in [0.4, 0.5) is 0 Å². The summed E-state index contributed by atoms with van der Waals surface area (Å²) in [5.41, 5.74) is 4.05. The van der Waals surface area contributed by atoms with E-state index in [1.54, 1.807) is 0 Å². The molecule has 0 atom stereocenters. The molecule has 1 saturated heterocycles. The van der Waals surface area contributed by atoms with Crippen LogP contribution < -0.4 is 5.32 Å². The molecule has 2 aromatic rings. The predicted molar refractivity (Wildman–Crippen MR) is 112 cm³/mol. The monoisotopic (exact) mass is 420 g/mol. The SMILES string of the molecule is O=C(NC1CCN(Cc2ccc(Cl)c(Cl)c2)CC1)c1n[nH]c2c1CCCCC2. The summed E-state index contributed by atoms with van der Waals surface area (Å²) >= 11 is 12.1. The van der Waals surface area contributed by atoms with Crippen molar-refractivity contribution in [1.29, 1.82) is 0 Å². The third-order valence-electron chi connectivity index (χ3n) is 5.83. The van der Waals surface area contributed by atoms with Gasteiger partial charge in [0.15, 0.2) is 5.69 Å². The number of amides is 1. The van der Waals surface area contributed by atoms with Gasteiger partial charge in [0, 0.05) is 36.9 Å². The molecule has 5 nitrogen and oxygen atoms in total. The van der Waals surface area contributed by atoms with Crippen molar-refractivity contribution in [2.75, 3.05) is 13.1 Å². The highest BCUT2D eigenvalue weighted by molar-refractivity contribution is 6.42. The quantitative estimate of drug-likeness (QED) is 0.721. The molecule has 4 rings (SSSR count). The fourth-order valence-corrected chi connectivity index (χ4v) is 4.55. The Morgan fingerprint density at radius 2 is 1.93 bits per heavy atom. The Morgan fingerprint density at radius 1 is 1.14 bits per heavy atom. The first-order chi connectivity index (χ1) is 13.6. The Hall–Kier alpha value is -1.56. The molecule has 0 saturated carbocycles. The Balaban J connectivity index is 1.30. The molecule has 7 heteroatoms. The smallest absolute Gasteiger partial charge is 0.272 e. The highest BCUT2D eigenvalue weighted by Gasteiger charge is 2.25. The molecule has 28 heavy (non-hydrogen) atoms. The van der Waals surface area contributed by atoms with Crippen molar-refractivity contribution in [2.24, 2.45) is 0 Å². The number of nitrogens with one attached hydrogen (secondary N) is 2. The Kier molecular flexibility index (Phi) is 6.24. The molecule has 1 amide bonds. The van der Waals surface area contributed by atoms with Crippen LogP contribution in [0.15, 0.2) is 18.2 Å². The number of carbonyl (C=O) groups is 1. The number of aromatic nitrogens is 2. The van der Waals surface area contributed by atoms with Crippen molar-refractivity contribution < 1.29 is 4.79 Å². The number of halogens is 2. The van der Waals surface area contributed by atoms with Gasteiger partial charge >= 0.3 is 0 Å². The fraction of sp³-hybridized carbons (Fsp3) is 0.524. The maximum absolute atomic E-state index is 12.8. The van der Waals surface area contributed by atoms with Gasteiger partial charge in [0.1, 0.15) is 0 Å². The molecule has 1 fully saturated rings. The van der Waals surface area contributed by atoms with Gasteiger partial charge in [-0.25, -0.2) is 0 Å². The summed E-state index contributed by atoms with van der Waals surface area (Å²) in [7, 11) is 0. The second-order valence-corrected chi connectivity index (χ2v) is 8.68. The van der Waals surface area contributed by atoms with E-state index in [-0.39, 0.29) is 11.9 Å². The number of aromatic amines is 1. The first-order valence-electron chi connectivity index (χ1n) is 10.1. The summed E-state index contributed by atoms with van der Waals surface area (Å²) in [6.45, 7) is 2.75. The molecule has 1 aliphatic heterocycles. The zero-order valence-corrected chi connectivity index (χ0v) is 17.5. The predicted octanol–water partition coefficient (Wildman–Crippen LogP) is 4.38. The van der Waals surface area contributed by atoms with Gasteiger partial charge in [0.2, 0.25) is 0 Å². The van der Waals surface area contributed by atoms with E-state index < -0.39 is 0 Å². The lowest BCUT2D eigenvalue weighted by atomic mass is 10.0. The van der Waals surface area contributed by atoms with E-state index in [4.69, 9.17) is 23.2 Å². The van der Waals surface area contributed by atoms with Crippen LogP contribution in [-0.2, 0) is 19.4 Å². The number of hydrogen-bond donors (Lipinski definition) is 2. The van der Waals surface area contributed by atoms with E-state index in [1.165, 1.54) is 12.8 Å². The minimum atomic E-state index is -0.0256.